The summed E-state index contributed by atoms with van der Waals surface area (Å²) in [7, 11) is 0. The van der Waals surface area contributed by atoms with Crippen molar-refractivity contribution >= 4 is 12.8 Å². The predicted octanol–water partition coefficient (Wildman–Crippen LogP) is 3.50. The zero-order chi connectivity index (χ0) is 13.3. The molecule has 0 aliphatic rings. The van der Waals surface area contributed by atoms with Crippen molar-refractivity contribution in [2.75, 3.05) is 0 Å². The van der Waals surface area contributed by atoms with Gasteiger partial charge in [0.1, 0.15) is 5.69 Å². The first-order valence-electron chi connectivity index (χ1n) is 6.18. The molecule has 1 aromatic carbocycles. The van der Waals surface area contributed by atoms with Crippen LogP contribution in [-0.2, 0) is 11.8 Å². The largest absolute Gasteiger partial charge is 0.193 e. The quantitative estimate of drug-likeness (QED) is 0.839. The van der Waals surface area contributed by atoms with Crippen LogP contribution in [0.3, 0.4) is 0 Å². The highest BCUT2D eigenvalue weighted by molar-refractivity contribution is 7.78. The third-order valence-corrected chi connectivity index (χ3v) is 3.42. The Morgan fingerprint density at radius 1 is 1.17 bits per heavy atom. The summed E-state index contributed by atoms with van der Waals surface area (Å²) in [6, 6.07) is 8.54. The Balaban J connectivity index is 2.40. The molecule has 2 aromatic rings. The van der Waals surface area contributed by atoms with Crippen LogP contribution in [0.25, 0.3) is 11.3 Å². The van der Waals surface area contributed by atoms with E-state index in [4.69, 9.17) is 0 Å². The molecule has 0 fully saturated rings. The molecule has 0 aliphatic heterocycles. The summed E-state index contributed by atoms with van der Waals surface area (Å²) in [6.45, 7) is 8.72. The van der Waals surface area contributed by atoms with E-state index in [1.165, 1.54) is 5.56 Å². The Bertz CT molecular complexity index is 535. The van der Waals surface area contributed by atoms with Crippen LogP contribution in [0.5, 0.6) is 0 Å². The number of hydrogen-bond acceptors (Lipinski definition) is 3. The molecule has 3 nitrogen and oxygen atoms in total. The number of rotatable bonds is 2. The molecular formula is C14H19N3S. The fourth-order valence-corrected chi connectivity index (χ4v) is 2.23. The van der Waals surface area contributed by atoms with E-state index < -0.39 is 0 Å². The van der Waals surface area contributed by atoms with Gasteiger partial charge in [0.2, 0.25) is 0 Å². The van der Waals surface area contributed by atoms with E-state index in [1.807, 2.05) is 0 Å². The Morgan fingerprint density at radius 2 is 1.78 bits per heavy atom. The number of benzene rings is 1. The van der Waals surface area contributed by atoms with Gasteiger partial charge in [-0.2, -0.15) is 4.09 Å². The van der Waals surface area contributed by atoms with Crippen molar-refractivity contribution in [3.05, 3.63) is 35.5 Å². The van der Waals surface area contributed by atoms with Crippen LogP contribution < -0.4 is 0 Å². The molecule has 4 heteroatoms. The molecule has 0 N–H and O–H groups in total. The lowest BCUT2D eigenvalue weighted by molar-refractivity contribution is 0.590. The third-order valence-electron chi connectivity index (χ3n) is 3.10. The van der Waals surface area contributed by atoms with E-state index in [0.717, 1.165) is 23.4 Å². The van der Waals surface area contributed by atoms with Gasteiger partial charge in [-0.25, -0.2) is 0 Å². The van der Waals surface area contributed by atoms with Crippen molar-refractivity contribution in [1.29, 1.82) is 0 Å². The summed E-state index contributed by atoms with van der Waals surface area (Å²) in [5.41, 5.74) is 4.56. The summed E-state index contributed by atoms with van der Waals surface area (Å²) in [4.78, 5) is 0. The molecule has 2 rings (SSSR count). The third kappa shape index (κ3) is 2.43. The van der Waals surface area contributed by atoms with Gasteiger partial charge in [-0.3, -0.25) is 0 Å². The number of thiol groups is 1. The van der Waals surface area contributed by atoms with Gasteiger partial charge in [-0.05, 0) is 30.2 Å². The lowest BCUT2D eigenvalue weighted by Crippen LogP contribution is -2.10. The molecule has 0 saturated heterocycles. The maximum Gasteiger partial charge on any atom is 0.117 e. The molecule has 96 valence electrons. The van der Waals surface area contributed by atoms with Crippen molar-refractivity contribution in [2.45, 2.75) is 39.5 Å². The average molecular weight is 261 g/mol. The molecule has 0 radical (unpaired) electrons. The van der Waals surface area contributed by atoms with Gasteiger partial charge in [0.15, 0.2) is 0 Å². The lowest BCUT2D eigenvalue weighted by Gasteiger charge is -2.19. The first-order chi connectivity index (χ1) is 8.43. The second kappa shape index (κ2) is 4.76. The first-order valence-corrected chi connectivity index (χ1v) is 6.58. The van der Waals surface area contributed by atoms with Crippen LogP contribution in [0.1, 0.15) is 39.0 Å². The van der Waals surface area contributed by atoms with Gasteiger partial charge in [-0.1, -0.05) is 57.2 Å². The van der Waals surface area contributed by atoms with Crippen LogP contribution >= 0.6 is 12.8 Å². The molecule has 1 aromatic heterocycles. The van der Waals surface area contributed by atoms with Gasteiger partial charge in [-0.15, -0.1) is 5.10 Å². The van der Waals surface area contributed by atoms with E-state index in [1.54, 1.807) is 4.09 Å². The van der Waals surface area contributed by atoms with Crippen LogP contribution in [0.4, 0.5) is 0 Å². The van der Waals surface area contributed by atoms with Gasteiger partial charge in [0.25, 0.3) is 0 Å². The monoisotopic (exact) mass is 261 g/mol. The lowest BCUT2D eigenvalue weighted by atomic mass is 9.86. The van der Waals surface area contributed by atoms with E-state index in [-0.39, 0.29) is 5.41 Å². The second-order valence-corrected chi connectivity index (χ2v) is 5.83. The molecule has 0 atom stereocenters. The molecule has 0 bridgehead atoms. The Labute approximate surface area is 114 Å². The molecular weight excluding hydrogens is 242 g/mol. The standard InChI is InChI=1S/C14H19N3S/c1-5-12-13(15-16-17(12)18)10-6-8-11(9-7-10)14(2,3)4/h6-9,18H,5H2,1-4H3. The highest BCUT2D eigenvalue weighted by atomic mass is 32.1. The molecule has 1 heterocycles. The molecule has 0 amide bonds. The smallest absolute Gasteiger partial charge is 0.117 e. The van der Waals surface area contributed by atoms with Crippen molar-refractivity contribution in [2.24, 2.45) is 0 Å². The number of hydrogen-bond donors (Lipinski definition) is 1. The van der Waals surface area contributed by atoms with Crippen LogP contribution in [0.2, 0.25) is 0 Å². The van der Waals surface area contributed by atoms with Crippen molar-refractivity contribution in [3.8, 4) is 11.3 Å². The Kier molecular flexibility index (Phi) is 3.48. The normalized spacial score (nSPS) is 11.8. The van der Waals surface area contributed by atoms with Gasteiger partial charge in [0, 0.05) is 5.56 Å². The van der Waals surface area contributed by atoms with Gasteiger partial charge in [0.05, 0.1) is 5.69 Å². The van der Waals surface area contributed by atoms with Crippen LogP contribution in [0.15, 0.2) is 24.3 Å². The van der Waals surface area contributed by atoms with E-state index in [2.05, 4.69) is 75.1 Å². The van der Waals surface area contributed by atoms with E-state index >= 15 is 0 Å². The first kappa shape index (κ1) is 13.1. The van der Waals surface area contributed by atoms with Gasteiger partial charge < -0.3 is 0 Å². The summed E-state index contributed by atoms with van der Waals surface area (Å²) >= 11 is 4.26. The van der Waals surface area contributed by atoms with Crippen molar-refractivity contribution in [3.63, 3.8) is 0 Å². The minimum absolute atomic E-state index is 0.174. The number of aromatic nitrogens is 3. The second-order valence-electron chi connectivity index (χ2n) is 5.46. The van der Waals surface area contributed by atoms with E-state index in [9.17, 15) is 0 Å². The average Bonchev–Trinajstić information content (AvgIpc) is 2.69. The predicted molar refractivity (Wildman–Crippen MR) is 77.9 cm³/mol. The van der Waals surface area contributed by atoms with E-state index in [0.29, 0.717) is 0 Å². The zero-order valence-corrected chi connectivity index (χ0v) is 12.2. The number of nitrogens with zero attached hydrogens (tertiary/aromatic N) is 3. The summed E-state index contributed by atoms with van der Waals surface area (Å²) in [6.07, 6.45) is 0.868. The fraction of sp³-hybridized carbons (Fsp3) is 0.429. The Hall–Kier alpha value is -1.29. The molecule has 0 spiro atoms. The van der Waals surface area contributed by atoms with Crippen molar-refractivity contribution < 1.29 is 0 Å². The summed E-state index contributed by atoms with van der Waals surface area (Å²) in [5, 5.41) is 8.15. The zero-order valence-electron chi connectivity index (χ0n) is 11.3. The topological polar surface area (TPSA) is 30.7 Å². The highest BCUT2D eigenvalue weighted by Crippen LogP contribution is 2.27. The SMILES string of the molecule is CCc1c(-c2ccc(C(C)(C)C)cc2)nnn1S. The highest BCUT2D eigenvalue weighted by Gasteiger charge is 2.15. The van der Waals surface area contributed by atoms with Crippen LogP contribution in [-0.4, -0.2) is 14.4 Å². The van der Waals surface area contributed by atoms with Crippen molar-refractivity contribution in [1.82, 2.24) is 14.4 Å². The maximum atomic E-state index is 4.26. The summed E-state index contributed by atoms with van der Waals surface area (Å²) < 4.78 is 1.55. The molecule has 0 unspecified atom stereocenters. The maximum absolute atomic E-state index is 4.26. The van der Waals surface area contributed by atoms with Gasteiger partial charge >= 0.3 is 0 Å². The van der Waals surface area contributed by atoms with Crippen LogP contribution in [0, 0.1) is 0 Å². The molecule has 0 saturated carbocycles. The molecule has 0 aliphatic carbocycles. The summed E-state index contributed by atoms with van der Waals surface area (Å²) in [5.74, 6) is 0. The Morgan fingerprint density at radius 3 is 2.28 bits per heavy atom. The fourth-order valence-electron chi connectivity index (χ4n) is 1.95. The molecule has 18 heavy (non-hydrogen) atoms. The minimum atomic E-state index is 0.174. The minimum Gasteiger partial charge on any atom is -0.193 e.